The number of hydrogen-bond acceptors (Lipinski definition) is 6. The minimum Gasteiger partial charge on any atom is -0.497 e. The van der Waals surface area contributed by atoms with Crippen LogP contribution in [0.2, 0.25) is 0 Å². The van der Waals surface area contributed by atoms with Gasteiger partial charge in [-0.2, -0.15) is 5.26 Å². The minimum atomic E-state index is -1.00. The lowest BCUT2D eigenvalue weighted by Gasteiger charge is -2.32. The van der Waals surface area contributed by atoms with E-state index < -0.39 is 17.2 Å². The lowest BCUT2D eigenvalue weighted by molar-refractivity contribution is -0.525. The maximum absolute atomic E-state index is 12.0. The van der Waals surface area contributed by atoms with Gasteiger partial charge in [0.1, 0.15) is 11.0 Å². The molecule has 0 spiro atoms. The van der Waals surface area contributed by atoms with Gasteiger partial charge in [0, 0.05) is 4.92 Å². The molecule has 0 saturated carbocycles. The first-order valence-electron chi connectivity index (χ1n) is 7.95. The molecule has 0 radical (unpaired) electrons. The van der Waals surface area contributed by atoms with Gasteiger partial charge in [-0.05, 0) is 23.3 Å². The number of methoxy groups -OCH3 is 1. The molecule has 132 valence electrons. The molecule has 7 heteroatoms. The van der Waals surface area contributed by atoms with E-state index in [-0.39, 0.29) is 10.5 Å². The lowest BCUT2D eigenvalue weighted by Crippen LogP contribution is -2.37. The van der Waals surface area contributed by atoms with Crippen LogP contribution in [0.25, 0.3) is 0 Å². The van der Waals surface area contributed by atoms with E-state index in [0.717, 1.165) is 5.56 Å². The van der Waals surface area contributed by atoms with E-state index in [1.54, 1.807) is 31.4 Å². The zero-order valence-electron chi connectivity index (χ0n) is 14.0. The van der Waals surface area contributed by atoms with Gasteiger partial charge in [-0.25, -0.2) is 0 Å². The largest absolute Gasteiger partial charge is 0.497 e. The van der Waals surface area contributed by atoms with Gasteiger partial charge >= 0.3 is 0 Å². The predicted octanol–water partition coefficient (Wildman–Crippen LogP) is 3.61. The van der Waals surface area contributed by atoms with Crippen LogP contribution in [-0.2, 0) is 0 Å². The molecule has 26 heavy (non-hydrogen) atoms. The molecule has 3 atom stereocenters. The Labute approximate surface area is 155 Å². The SMILES string of the molecule is COc1ccc([C@@H]2C(C#N)=C(N)S[C@@H](c3ccccc3)[C@@H]2[N+](=O)[O-])cc1. The molecule has 0 bridgehead atoms. The van der Waals surface area contributed by atoms with E-state index >= 15 is 0 Å². The van der Waals surface area contributed by atoms with Crippen molar-refractivity contribution in [3.05, 3.63) is 86.4 Å². The molecule has 0 amide bonds. The fourth-order valence-electron chi connectivity index (χ4n) is 3.21. The highest BCUT2D eigenvalue weighted by atomic mass is 32.2. The van der Waals surface area contributed by atoms with Crippen molar-refractivity contribution in [1.29, 1.82) is 5.26 Å². The van der Waals surface area contributed by atoms with Gasteiger partial charge in [0.2, 0.25) is 6.04 Å². The van der Waals surface area contributed by atoms with E-state index in [0.29, 0.717) is 16.3 Å². The zero-order valence-corrected chi connectivity index (χ0v) is 14.8. The highest BCUT2D eigenvalue weighted by Crippen LogP contribution is 2.50. The van der Waals surface area contributed by atoms with Crippen LogP contribution in [0.3, 0.4) is 0 Å². The average Bonchev–Trinajstić information content (AvgIpc) is 2.67. The molecule has 1 heterocycles. The first-order valence-corrected chi connectivity index (χ1v) is 8.83. The van der Waals surface area contributed by atoms with Crippen molar-refractivity contribution < 1.29 is 9.66 Å². The van der Waals surface area contributed by atoms with Crippen molar-refractivity contribution in [3.8, 4) is 11.8 Å². The second-order valence-electron chi connectivity index (χ2n) is 5.87. The molecule has 3 rings (SSSR count). The van der Waals surface area contributed by atoms with Gasteiger partial charge in [-0.15, -0.1) is 0 Å². The van der Waals surface area contributed by atoms with Crippen LogP contribution >= 0.6 is 11.8 Å². The van der Waals surface area contributed by atoms with Crippen molar-refractivity contribution >= 4 is 11.8 Å². The predicted molar refractivity (Wildman–Crippen MR) is 100 cm³/mol. The van der Waals surface area contributed by atoms with Crippen LogP contribution in [-0.4, -0.2) is 18.1 Å². The van der Waals surface area contributed by atoms with E-state index in [1.807, 2.05) is 30.3 Å². The molecule has 1 aliphatic rings. The quantitative estimate of drug-likeness (QED) is 0.654. The number of nitriles is 1. The normalized spacial score (nSPS) is 22.5. The average molecular weight is 367 g/mol. The van der Waals surface area contributed by atoms with Crippen LogP contribution in [0.5, 0.6) is 5.75 Å². The Kier molecular flexibility index (Phi) is 5.14. The molecule has 0 fully saturated rings. The summed E-state index contributed by atoms with van der Waals surface area (Å²) < 4.78 is 5.16. The van der Waals surface area contributed by atoms with Crippen molar-refractivity contribution in [1.82, 2.24) is 0 Å². The standard InChI is InChI=1S/C19H17N3O3S/c1-25-14-9-7-12(8-10-14)16-15(11-20)19(21)26-18(17(16)22(23)24)13-5-3-2-4-6-13/h2-10,16-18H,21H2,1H3/t16-,17-,18+/m1/s1. The lowest BCUT2D eigenvalue weighted by atomic mass is 9.82. The highest BCUT2D eigenvalue weighted by Gasteiger charge is 2.48. The number of thioether (sulfide) groups is 1. The van der Waals surface area contributed by atoms with Crippen molar-refractivity contribution in [2.24, 2.45) is 5.73 Å². The summed E-state index contributed by atoms with van der Waals surface area (Å²) in [6.45, 7) is 0. The molecular weight excluding hydrogens is 350 g/mol. The summed E-state index contributed by atoms with van der Waals surface area (Å²) in [4.78, 5) is 11.7. The van der Waals surface area contributed by atoms with Gasteiger partial charge < -0.3 is 10.5 Å². The summed E-state index contributed by atoms with van der Waals surface area (Å²) in [6, 6.07) is 17.3. The van der Waals surface area contributed by atoms with E-state index in [1.165, 1.54) is 11.8 Å². The first-order chi connectivity index (χ1) is 12.6. The summed E-state index contributed by atoms with van der Waals surface area (Å²) >= 11 is 1.18. The molecule has 2 aromatic carbocycles. The molecular formula is C19H17N3O3S. The molecule has 0 unspecified atom stereocenters. The van der Waals surface area contributed by atoms with Crippen molar-refractivity contribution in [2.45, 2.75) is 17.2 Å². The Bertz CT molecular complexity index is 875. The molecule has 6 nitrogen and oxygen atoms in total. The zero-order chi connectivity index (χ0) is 18.7. The Morgan fingerprint density at radius 3 is 2.35 bits per heavy atom. The summed E-state index contributed by atoms with van der Waals surface area (Å²) in [5.74, 6) is -0.0704. The second kappa shape index (κ2) is 7.50. The van der Waals surface area contributed by atoms with Crippen LogP contribution in [0, 0.1) is 21.4 Å². The third-order valence-electron chi connectivity index (χ3n) is 4.45. The minimum absolute atomic E-state index is 0.244. The summed E-state index contributed by atoms with van der Waals surface area (Å²) in [5, 5.41) is 21.5. The molecule has 2 aromatic rings. The number of hydrogen-bond donors (Lipinski definition) is 1. The Balaban J connectivity index is 2.14. The van der Waals surface area contributed by atoms with Crippen LogP contribution in [0.1, 0.15) is 22.3 Å². The third kappa shape index (κ3) is 3.24. The number of nitrogens with zero attached hydrogens (tertiary/aromatic N) is 2. The number of ether oxygens (including phenoxy) is 1. The van der Waals surface area contributed by atoms with Crippen LogP contribution in [0.4, 0.5) is 0 Å². The van der Waals surface area contributed by atoms with Crippen molar-refractivity contribution in [2.75, 3.05) is 7.11 Å². The van der Waals surface area contributed by atoms with E-state index in [9.17, 15) is 15.4 Å². The maximum atomic E-state index is 12.0. The molecule has 0 aliphatic carbocycles. The van der Waals surface area contributed by atoms with Gasteiger partial charge in [0.25, 0.3) is 0 Å². The van der Waals surface area contributed by atoms with E-state index in [4.69, 9.17) is 10.5 Å². The number of nitrogens with two attached hydrogens (primary N) is 1. The third-order valence-corrected chi connectivity index (χ3v) is 5.73. The number of benzene rings is 2. The second-order valence-corrected chi connectivity index (χ2v) is 7.05. The topological polar surface area (TPSA) is 102 Å². The Hall–Kier alpha value is -2.98. The van der Waals surface area contributed by atoms with Gasteiger partial charge in [-0.3, -0.25) is 10.1 Å². The summed E-state index contributed by atoms with van der Waals surface area (Å²) in [7, 11) is 1.55. The summed E-state index contributed by atoms with van der Waals surface area (Å²) in [5.41, 5.74) is 7.87. The molecule has 2 N–H and O–H groups in total. The Morgan fingerprint density at radius 2 is 1.81 bits per heavy atom. The van der Waals surface area contributed by atoms with Gasteiger partial charge in [0.15, 0.2) is 0 Å². The summed E-state index contributed by atoms with van der Waals surface area (Å²) in [6.07, 6.45) is 0. The molecule has 0 aromatic heterocycles. The highest BCUT2D eigenvalue weighted by molar-refractivity contribution is 8.03. The van der Waals surface area contributed by atoms with Crippen LogP contribution < -0.4 is 10.5 Å². The number of rotatable bonds is 4. The first kappa shape index (κ1) is 17.8. The van der Waals surface area contributed by atoms with E-state index in [2.05, 4.69) is 6.07 Å². The fraction of sp³-hybridized carbons (Fsp3) is 0.211. The molecule has 0 saturated heterocycles. The monoisotopic (exact) mass is 367 g/mol. The van der Waals surface area contributed by atoms with Gasteiger partial charge in [0.05, 0.1) is 29.7 Å². The van der Waals surface area contributed by atoms with Crippen LogP contribution in [0.15, 0.2) is 65.2 Å². The molecule has 1 aliphatic heterocycles. The van der Waals surface area contributed by atoms with Gasteiger partial charge in [-0.1, -0.05) is 54.2 Å². The van der Waals surface area contributed by atoms with Crippen molar-refractivity contribution in [3.63, 3.8) is 0 Å². The smallest absolute Gasteiger partial charge is 0.240 e. The number of nitro groups is 1. The fourth-order valence-corrected chi connectivity index (χ4v) is 4.47. The maximum Gasteiger partial charge on any atom is 0.240 e. The Morgan fingerprint density at radius 1 is 1.15 bits per heavy atom.